The van der Waals surface area contributed by atoms with Crippen molar-refractivity contribution in [3.63, 3.8) is 0 Å². The first-order valence-electron chi connectivity index (χ1n) is 3.62. The van der Waals surface area contributed by atoms with E-state index in [9.17, 15) is 0 Å². The molecule has 0 aliphatic heterocycles. The minimum Gasteiger partial charge on any atom is -0.322 e. The molecule has 0 aliphatic rings. The number of pyridine rings is 1. The van der Waals surface area contributed by atoms with E-state index in [1.165, 1.54) is 0 Å². The number of halogens is 1. The van der Waals surface area contributed by atoms with Crippen LogP contribution in [0.1, 0.15) is 18.2 Å². The van der Waals surface area contributed by atoms with E-state index in [-0.39, 0.29) is 18.4 Å². The van der Waals surface area contributed by atoms with E-state index in [0.29, 0.717) is 0 Å². The van der Waals surface area contributed by atoms with Crippen molar-refractivity contribution in [1.82, 2.24) is 4.98 Å². The second kappa shape index (κ2) is 5.75. The molecule has 0 bridgehead atoms. The predicted molar refractivity (Wildman–Crippen MR) is 53.2 cm³/mol. The van der Waals surface area contributed by atoms with Crippen LogP contribution < -0.4 is 5.73 Å². The molecule has 0 radical (unpaired) electrons. The standard InChI is InChI=1S/C9H12N2.ClH/c1-2-5-8(10)9-6-3-4-7-11-9;/h2-4,6-8H,1,5,10H2;1H. The van der Waals surface area contributed by atoms with Crippen LogP contribution in [0.25, 0.3) is 0 Å². The summed E-state index contributed by atoms with van der Waals surface area (Å²) in [5, 5.41) is 0. The molecule has 1 rings (SSSR count). The number of nitrogens with two attached hydrogens (primary N) is 1. The summed E-state index contributed by atoms with van der Waals surface area (Å²) >= 11 is 0. The van der Waals surface area contributed by atoms with Crippen molar-refractivity contribution < 1.29 is 0 Å². The summed E-state index contributed by atoms with van der Waals surface area (Å²) in [5.74, 6) is 0. The first kappa shape index (κ1) is 11.1. The third-order valence-corrected chi connectivity index (χ3v) is 1.49. The van der Waals surface area contributed by atoms with Crippen LogP contribution in [0.2, 0.25) is 0 Å². The fourth-order valence-electron chi connectivity index (χ4n) is 0.896. The van der Waals surface area contributed by atoms with E-state index in [4.69, 9.17) is 5.73 Å². The maximum Gasteiger partial charge on any atom is 0.0574 e. The first-order valence-corrected chi connectivity index (χ1v) is 3.62. The Bertz CT molecular complexity index is 223. The summed E-state index contributed by atoms with van der Waals surface area (Å²) < 4.78 is 0. The van der Waals surface area contributed by atoms with Gasteiger partial charge in [0.05, 0.1) is 11.7 Å². The molecule has 2 nitrogen and oxygen atoms in total. The summed E-state index contributed by atoms with van der Waals surface area (Å²) in [6.07, 6.45) is 4.33. The largest absolute Gasteiger partial charge is 0.322 e. The zero-order valence-corrected chi connectivity index (χ0v) is 7.63. The zero-order chi connectivity index (χ0) is 8.10. The Morgan fingerprint density at radius 3 is 2.83 bits per heavy atom. The molecule has 1 aromatic rings. The number of hydrogen-bond acceptors (Lipinski definition) is 2. The highest BCUT2D eigenvalue weighted by Crippen LogP contribution is 2.09. The average Bonchev–Trinajstić information content (AvgIpc) is 2.07. The van der Waals surface area contributed by atoms with Crippen LogP contribution >= 0.6 is 12.4 Å². The van der Waals surface area contributed by atoms with Crippen molar-refractivity contribution >= 4 is 12.4 Å². The monoisotopic (exact) mass is 184 g/mol. The van der Waals surface area contributed by atoms with E-state index in [2.05, 4.69) is 11.6 Å². The summed E-state index contributed by atoms with van der Waals surface area (Å²) in [6.45, 7) is 3.62. The van der Waals surface area contributed by atoms with Crippen molar-refractivity contribution in [2.24, 2.45) is 5.73 Å². The molecule has 3 heteroatoms. The maximum absolute atomic E-state index is 5.77. The Morgan fingerprint density at radius 2 is 2.33 bits per heavy atom. The third-order valence-electron chi connectivity index (χ3n) is 1.49. The van der Waals surface area contributed by atoms with Crippen molar-refractivity contribution in [3.8, 4) is 0 Å². The Balaban J connectivity index is 0.00000121. The van der Waals surface area contributed by atoms with E-state index in [1.807, 2.05) is 18.2 Å². The lowest BCUT2D eigenvalue weighted by atomic mass is 10.1. The second-order valence-electron chi connectivity index (χ2n) is 2.39. The van der Waals surface area contributed by atoms with Gasteiger partial charge in [-0.2, -0.15) is 0 Å². The Labute approximate surface area is 78.9 Å². The maximum atomic E-state index is 5.77. The third kappa shape index (κ3) is 3.03. The molecule has 12 heavy (non-hydrogen) atoms. The first-order chi connectivity index (χ1) is 5.34. The molecule has 1 atom stereocenters. The molecule has 1 unspecified atom stereocenters. The topological polar surface area (TPSA) is 38.9 Å². The number of nitrogens with zero attached hydrogens (tertiary/aromatic N) is 1. The van der Waals surface area contributed by atoms with Crippen LogP contribution in [-0.2, 0) is 0 Å². The molecular formula is C9H13ClN2. The Morgan fingerprint density at radius 1 is 1.58 bits per heavy atom. The van der Waals surface area contributed by atoms with Gasteiger partial charge in [0.2, 0.25) is 0 Å². The minimum atomic E-state index is -0.00583. The molecule has 0 aliphatic carbocycles. The van der Waals surface area contributed by atoms with Crippen molar-refractivity contribution in [2.45, 2.75) is 12.5 Å². The van der Waals surface area contributed by atoms with Crippen LogP contribution in [0.15, 0.2) is 37.1 Å². The van der Waals surface area contributed by atoms with Crippen LogP contribution in [0, 0.1) is 0 Å². The van der Waals surface area contributed by atoms with Crippen LogP contribution in [0.3, 0.4) is 0 Å². The van der Waals surface area contributed by atoms with Gasteiger partial charge in [0.15, 0.2) is 0 Å². The smallest absolute Gasteiger partial charge is 0.0574 e. The van der Waals surface area contributed by atoms with E-state index in [1.54, 1.807) is 12.3 Å². The number of hydrogen-bond donors (Lipinski definition) is 1. The van der Waals surface area contributed by atoms with Gasteiger partial charge < -0.3 is 5.73 Å². The zero-order valence-electron chi connectivity index (χ0n) is 6.81. The lowest BCUT2D eigenvalue weighted by Gasteiger charge is -2.06. The highest BCUT2D eigenvalue weighted by molar-refractivity contribution is 5.85. The normalized spacial score (nSPS) is 11.4. The lowest BCUT2D eigenvalue weighted by molar-refractivity contribution is 0.714. The summed E-state index contributed by atoms with van der Waals surface area (Å²) in [7, 11) is 0. The van der Waals surface area contributed by atoms with Crippen LogP contribution in [0.4, 0.5) is 0 Å². The van der Waals surface area contributed by atoms with Crippen molar-refractivity contribution in [3.05, 3.63) is 42.7 Å². The number of aromatic nitrogens is 1. The fraction of sp³-hybridized carbons (Fsp3) is 0.222. The molecule has 0 aromatic carbocycles. The molecule has 0 saturated heterocycles. The average molecular weight is 185 g/mol. The van der Waals surface area contributed by atoms with Gasteiger partial charge in [-0.25, -0.2) is 0 Å². The molecule has 0 fully saturated rings. The highest BCUT2D eigenvalue weighted by Gasteiger charge is 2.02. The summed E-state index contributed by atoms with van der Waals surface area (Å²) in [6, 6.07) is 5.73. The number of rotatable bonds is 3. The van der Waals surface area contributed by atoms with Crippen LogP contribution in [-0.4, -0.2) is 4.98 Å². The van der Waals surface area contributed by atoms with Gasteiger partial charge in [0.1, 0.15) is 0 Å². The van der Waals surface area contributed by atoms with Gasteiger partial charge in [-0.3, -0.25) is 4.98 Å². The molecule has 0 spiro atoms. The summed E-state index contributed by atoms with van der Waals surface area (Å²) in [4.78, 5) is 4.12. The van der Waals surface area contributed by atoms with E-state index in [0.717, 1.165) is 12.1 Å². The molecule has 0 amide bonds. The lowest BCUT2D eigenvalue weighted by Crippen LogP contribution is -2.10. The van der Waals surface area contributed by atoms with E-state index >= 15 is 0 Å². The SMILES string of the molecule is C=CCC(N)c1ccccn1.Cl. The molecule has 66 valence electrons. The van der Waals surface area contributed by atoms with Gasteiger partial charge in [0, 0.05) is 6.20 Å². The van der Waals surface area contributed by atoms with E-state index < -0.39 is 0 Å². The molecular weight excluding hydrogens is 172 g/mol. The highest BCUT2D eigenvalue weighted by atomic mass is 35.5. The van der Waals surface area contributed by atoms with Gasteiger partial charge in [-0.05, 0) is 18.6 Å². The van der Waals surface area contributed by atoms with Gasteiger partial charge in [0.25, 0.3) is 0 Å². The Kier molecular flexibility index (Phi) is 5.34. The predicted octanol–water partition coefficient (Wildman–Crippen LogP) is 2.08. The van der Waals surface area contributed by atoms with Crippen LogP contribution in [0.5, 0.6) is 0 Å². The van der Waals surface area contributed by atoms with Crippen molar-refractivity contribution in [1.29, 1.82) is 0 Å². The Hall–Kier alpha value is -0.860. The fourth-order valence-corrected chi connectivity index (χ4v) is 0.896. The molecule has 1 aromatic heterocycles. The van der Waals surface area contributed by atoms with Gasteiger partial charge in [-0.15, -0.1) is 19.0 Å². The summed E-state index contributed by atoms with van der Waals surface area (Å²) in [5.41, 5.74) is 6.70. The molecule has 2 N–H and O–H groups in total. The second-order valence-corrected chi connectivity index (χ2v) is 2.39. The van der Waals surface area contributed by atoms with Gasteiger partial charge >= 0.3 is 0 Å². The molecule has 0 saturated carbocycles. The molecule has 1 heterocycles. The minimum absolute atomic E-state index is 0. The van der Waals surface area contributed by atoms with Crippen molar-refractivity contribution in [2.75, 3.05) is 0 Å². The quantitative estimate of drug-likeness (QED) is 0.731. The van der Waals surface area contributed by atoms with Gasteiger partial charge in [-0.1, -0.05) is 12.1 Å².